The van der Waals surface area contributed by atoms with E-state index in [1.807, 2.05) is 30.3 Å². The Morgan fingerprint density at radius 3 is 2.70 bits per heavy atom. The Morgan fingerprint density at radius 2 is 1.96 bits per heavy atom. The predicted molar refractivity (Wildman–Crippen MR) is 94.8 cm³/mol. The van der Waals surface area contributed by atoms with Gasteiger partial charge in [0.05, 0.1) is 6.61 Å². The Labute approximate surface area is 139 Å². The fourth-order valence-corrected chi connectivity index (χ4v) is 3.54. The summed E-state index contributed by atoms with van der Waals surface area (Å²) in [4.78, 5) is 11.0. The number of aldehydes is 1. The van der Waals surface area contributed by atoms with Gasteiger partial charge in [-0.05, 0) is 47.7 Å². The monoisotopic (exact) mass is 326 g/mol. The predicted octanol–water partition coefficient (Wildman–Crippen LogP) is 4.71. The lowest BCUT2D eigenvalue weighted by Crippen LogP contribution is -2.04. The minimum absolute atomic E-state index is 0.541. The first-order valence-electron chi connectivity index (χ1n) is 7.42. The maximum absolute atomic E-state index is 11.0. The highest BCUT2D eigenvalue weighted by Gasteiger charge is 2.10. The molecule has 0 N–H and O–H groups in total. The van der Waals surface area contributed by atoms with E-state index in [-0.39, 0.29) is 0 Å². The lowest BCUT2D eigenvalue weighted by atomic mass is 9.99. The van der Waals surface area contributed by atoms with Gasteiger partial charge in [0.1, 0.15) is 18.6 Å². The quantitative estimate of drug-likeness (QED) is 0.486. The summed E-state index contributed by atoms with van der Waals surface area (Å²) in [6, 6.07) is 11.9. The van der Waals surface area contributed by atoms with E-state index in [4.69, 9.17) is 9.47 Å². The highest BCUT2D eigenvalue weighted by Crippen LogP contribution is 2.37. The topological polar surface area (TPSA) is 35.5 Å². The third-order valence-corrected chi connectivity index (χ3v) is 4.74. The fraction of sp³-hybridized carbons (Fsp3) is 0.211. The number of carbonyl (C=O) groups is 1. The van der Waals surface area contributed by atoms with Crippen molar-refractivity contribution < 1.29 is 14.3 Å². The van der Waals surface area contributed by atoms with Crippen molar-refractivity contribution in [2.24, 2.45) is 0 Å². The van der Waals surface area contributed by atoms with Gasteiger partial charge < -0.3 is 9.47 Å². The molecule has 0 aliphatic carbocycles. The van der Waals surface area contributed by atoms with Crippen molar-refractivity contribution in [2.45, 2.75) is 6.92 Å². The number of thiophene rings is 1. The van der Waals surface area contributed by atoms with Gasteiger partial charge in [-0.25, -0.2) is 0 Å². The number of fused-ring (bicyclic) bond motifs is 1. The third-order valence-electron chi connectivity index (χ3n) is 3.78. The number of hydrogen-bond donors (Lipinski definition) is 0. The van der Waals surface area contributed by atoms with Gasteiger partial charge in [-0.3, -0.25) is 4.79 Å². The van der Waals surface area contributed by atoms with Crippen molar-refractivity contribution in [1.82, 2.24) is 0 Å². The van der Waals surface area contributed by atoms with Crippen LogP contribution in [0, 0.1) is 6.92 Å². The smallest absolute Gasteiger partial charge is 0.150 e. The van der Waals surface area contributed by atoms with Crippen LogP contribution in [-0.4, -0.2) is 26.6 Å². The Bertz CT molecular complexity index is 836. The van der Waals surface area contributed by atoms with Crippen molar-refractivity contribution in [2.75, 3.05) is 20.3 Å². The summed E-state index contributed by atoms with van der Waals surface area (Å²) in [7, 11) is 1.66. The first kappa shape index (κ1) is 15.7. The Kier molecular flexibility index (Phi) is 4.74. The molecule has 0 amide bonds. The Balaban J connectivity index is 1.96. The van der Waals surface area contributed by atoms with Gasteiger partial charge in [0, 0.05) is 28.3 Å². The first-order valence-corrected chi connectivity index (χ1v) is 8.30. The van der Waals surface area contributed by atoms with Gasteiger partial charge in [0.15, 0.2) is 0 Å². The van der Waals surface area contributed by atoms with Crippen LogP contribution in [0.1, 0.15) is 15.9 Å². The molecule has 0 saturated heterocycles. The second-order valence-corrected chi connectivity index (χ2v) is 6.25. The van der Waals surface area contributed by atoms with Gasteiger partial charge in [-0.1, -0.05) is 12.1 Å². The van der Waals surface area contributed by atoms with Crippen LogP contribution >= 0.6 is 11.3 Å². The molecule has 1 heterocycles. The lowest BCUT2D eigenvalue weighted by molar-refractivity contribution is 0.112. The number of hydrogen-bond acceptors (Lipinski definition) is 4. The number of methoxy groups -OCH3 is 1. The molecule has 0 radical (unpaired) electrons. The van der Waals surface area contributed by atoms with Gasteiger partial charge >= 0.3 is 0 Å². The molecule has 0 atom stereocenters. The zero-order valence-corrected chi connectivity index (χ0v) is 14.0. The summed E-state index contributed by atoms with van der Waals surface area (Å²) in [5.41, 5.74) is 4.18. The Hall–Kier alpha value is -2.17. The molecule has 4 heteroatoms. The largest absolute Gasteiger partial charge is 0.491 e. The highest BCUT2D eigenvalue weighted by atomic mass is 32.1. The second-order valence-electron chi connectivity index (χ2n) is 5.34. The van der Waals surface area contributed by atoms with E-state index in [9.17, 15) is 4.79 Å². The zero-order valence-electron chi connectivity index (χ0n) is 13.2. The van der Waals surface area contributed by atoms with Crippen molar-refractivity contribution >= 4 is 27.7 Å². The van der Waals surface area contributed by atoms with Gasteiger partial charge in [0.2, 0.25) is 0 Å². The maximum atomic E-state index is 11.0. The van der Waals surface area contributed by atoms with Crippen LogP contribution < -0.4 is 4.74 Å². The molecule has 0 saturated carbocycles. The van der Waals surface area contributed by atoms with Gasteiger partial charge in [0.25, 0.3) is 0 Å². The van der Waals surface area contributed by atoms with Crippen LogP contribution in [0.15, 0.2) is 41.8 Å². The maximum Gasteiger partial charge on any atom is 0.150 e. The molecule has 1 aromatic heterocycles. The number of benzene rings is 2. The molecule has 0 bridgehead atoms. The number of carbonyl (C=O) groups excluding carboxylic acids is 1. The van der Waals surface area contributed by atoms with E-state index < -0.39 is 0 Å². The van der Waals surface area contributed by atoms with E-state index in [0.29, 0.717) is 18.8 Å². The summed E-state index contributed by atoms with van der Waals surface area (Å²) in [6.45, 7) is 3.19. The molecule has 0 aliphatic rings. The molecule has 2 aromatic carbocycles. The van der Waals surface area contributed by atoms with E-state index in [1.165, 1.54) is 10.3 Å². The molecule has 0 unspecified atom stereocenters. The summed E-state index contributed by atoms with van der Waals surface area (Å²) in [6.07, 6.45) is 0.889. The van der Waals surface area contributed by atoms with Crippen LogP contribution in [0.2, 0.25) is 0 Å². The molecule has 0 fully saturated rings. The highest BCUT2D eigenvalue weighted by molar-refractivity contribution is 7.17. The molecule has 3 aromatic rings. The second kappa shape index (κ2) is 6.94. The van der Waals surface area contributed by atoms with Crippen LogP contribution in [0.5, 0.6) is 5.75 Å². The minimum Gasteiger partial charge on any atom is -0.491 e. The van der Waals surface area contributed by atoms with E-state index in [1.54, 1.807) is 18.4 Å². The van der Waals surface area contributed by atoms with Crippen molar-refractivity contribution in [3.05, 3.63) is 52.9 Å². The first-order chi connectivity index (χ1) is 11.2. The summed E-state index contributed by atoms with van der Waals surface area (Å²) in [5, 5.41) is 3.27. The van der Waals surface area contributed by atoms with Crippen molar-refractivity contribution in [3.63, 3.8) is 0 Å². The van der Waals surface area contributed by atoms with Crippen LogP contribution in [0.4, 0.5) is 0 Å². The molecular weight excluding hydrogens is 308 g/mol. The van der Waals surface area contributed by atoms with Crippen LogP contribution in [-0.2, 0) is 4.74 Å². The number of ether oxygens (including phenoxy) is 2. The average molecular weight is 326 g/mol. The van der Waals surface area contributed by atoms with Gasteiger partial charge in [-0.2, -0.15) is 0 Å². The van der Waals surface area contributed by atoms with Crippen molar-refractivity contribution in [1.29, 1.82) is 0 Å². The molecule has 0 spiro atoms. The summed E-state index contributed by atoms with van der Waals surface area (Å²) in [5.74, 6) is 0.844. The lowest BCUT2D eigenvalue weighted by Gasteiger charge is -2.10. The minimum atomic E-state index is 0.541. The van der Waals surface area contributed by atoms with E-state index in [0.717, 1.165) is 28.5 Å². The average Bonchev–Trinajstić information content (AvgIpc) is 2.98. The standard InChI is InChI=1S/C19H18O3S/c1-13-9-15(22-8-7-21-2)4-5-16(13)18-12-23-19-6-3-14(11-20)10-17(18)19/h3-6,9-12H,7-8H2,1-2H3. The summed E-state index contributed by atoms with van der Waals surface area (Å²) >= 11 is 1.69. The van der Waals surface area contributed by atoms with Crippen LogP contribution in [0.3, 0.4) is 0 Å². The normalized spacial score (nSPS) is 10.9. The van der Waals surface area contributed by atoms with Crippen LogP contribution in [0.25, 0.3) is 21.2 Å². The number of aryl methyl sites for hydroxylation is 1. The molecular formula is C19H18O3S. The van der Waals surface area contributed by atoms with Gasteiger partial charge in [-0.15, -0.1) is 11.3 Å². The molecule has 23 heavy (non-hydrogen) atoms. The molecule has 118 valence electrons. The van der Waals surface area contributed by atoms with E-state index in [2.05, 4.69) is 18.4 Å². The van der Waals surface area contributed by atoms with Crippen molar-refractivity contribution in [3.8, 4) is 16.9 Å². The third kappa shape index (κ3) is 3.28. The zero-order chi connectivity index (χ0) is 16.2. The number of rotatable bonds is 6. The SMILES string of the molecule is COCCOc1ccc(-c2csc3ccc(C=O)cc23)c(C)c1. The molecule has 3 rings (SSSR count). The Morgan fingerprint density at radius 1 is 1.09 bits per heavy atom. The van der Waals surface area contributed by atoms with E-state index >= 15 is 0 Å². The fourth-order valence-electron chi connectivity index (χ4n) is 2.60. The molecule has 0 aliphatic heterocycles. The molecule has 3 nitrogen and oxygen atoms in total. The summed E-state index contributed by atoms with van der Waals surface area (Å²) < 4.78 is 11.8.